The van der Waals surface area contributed by atoms with Crippen molar-refractivity contribution in [3.8, 4) is 0 Å². The number of furan rings is 1. The molecular weight excluding hydrogens is 268 g/mol. The summed E-state index contributed by atoms with van der Waals surface area (Å²) in [7, 11) is 0. The molecule has 1 N–H and O–H groups in total. The normalized spacial score (nSPS) is 11.4. The number of hydrogen-bond acceptors (Lipinski definition) is 4. The molecule has 2 aromatic heterocycles. The predicted molar refractivity (Wildman–Crippen MR) is 84.9 cm³/mol. The smallest absolute Gasteiger partial charge is 0.117 e. The molecule has 0 unspecified atom stereocenters. The van der Waals surface area contributed by atoms with E-state index in [2.05, 4.69) is 37.1 Å². The molecule has 0 spiro atoms. The number of aryl methyl sites for hydroxylation is 1. The van der Waals surface area contributed by atoms with Gasteiger partial charge in [0, 0.05) is 22.8 Å². The Kier molecular flexibility index (Phi) is 5.83. The number of nitrogens with zero attached hydrogens (tertiary/aromatic N) is 1. The standard InChI is InChI=1S/C16H24N2OS/c1-4-17-10-16-9-14(13(3)20-16)11-18(5-2)12-15-7-6-8-19-15/h6-9,17H,4-5,10-12H2,1-3H3. The van der Waals surface area contributed by atoms with E-state index in [9.17, 15) is 0 Å². The molecule has 0 fully saturated rings. The molecule has 0 aliphatic carbocycles. The second kappa shape index (κ2) is 7.62. The Balaban J connectivity index is 1.98. The molecule has 2 rings (SSSR count). The van der Waals surface area contributed by atoms with Crippen LogP contribution in [0.25, 0.3) is 0 Å². The minimum absolute atomic E-state index is 0.876. The van der Waals surface area contributed by atoms with Crippen LogP contribution < -0.4 is 5.32 Å². The van der Waals surface area contributed by atoms with Crippen molar-refractivity contribution in [2.45, 2.75) is 40.4 Å². The van der Waals surface area contributed by atoms with Crippen LogP contribution in [0.1, 0.15) is 34.9 Å². The Morgan fingerprint density at radius 2 is 2.15 bits per heavy atom. The van der Waals surface area contributed by atoms with Gasteiger partial charge in [-0.15, -0.1) is 11.3 Å². The summed E-state index contributed by atoms with van der Waals surface area (Å²) in [6.07, 6.45) is 1.74. The molecule has 0 saturated heterocycles. The summed E-state index contributed by atoms with van der Waals surface area (Å²) < 4.78 is 5.44. The molecule has 2 heterocycles. The van der Waals surface area contributed by atoms with Gasteiger partial charge in [0.15, 0.2) is 0 Å². The summed E-state index contributed by atoms with van der Waals surface area (Å²) in [4.78, 5) is 5.26. The van der Waals surface area contributed by atoms with Crippen LogP contribution in [-0.2, 0) is 19.6 Å². The topological polar surface area (TPSA) is 28.4 Å². The van der Waals surface area contributed by atoms with Crippen LogP contribution in [0.5, 0.6) is 0 Å². The summed E-state index contributed by atoms with van der Waals surface area (Å²) in [6, 6.07) is 6.33. The van der Waals surface area contributed by atoms with Gasteiger partial charge < -0.3 is 9.73 Å². The lowest BCUT2D eigenvalue weighted by molar-refractivity contribution is 0.247. The third kappa shape index (κ3) is 4.20. The molecule has 0 amide bonds. The van der Waals surface area contributed by atoms with Crippen LogP contribution in [-0.4, -0.2) is 18.0 Å². The van der Waals surface area contributed by atoms with E-state index in [4.69, 9.17) is 4.42 Å². The highest BCUT2D eigenvalue weighted by Gasteiger charge is 2.11. The van der Waals surface area contributed by atoms with E-state index in [0.29, 0.717) is 0 Å². The molecule has 0 aromatic carbocycles. The van der Waals surface area contributed by atoms with Crippen molar-refractivity contribution in [2.24, 2.45) is 0 Å². The molecule has 2 aromatic rings. The van der Waals surface area contributed by atoms with Crippen LogP contribution in [0.3, 0.4) is 0 Å². The first-order valence-corrected chi connectivity index (χ1v) is 8.08. The monoisotopic (exact) mass is 292 g/mol. The van der Waals surface area contributed by atoms with Crippen molar-refractivity contribution in [3.63, 3.8) is 0 Å². The maximum atomic E-state index is 5.44. The number of thiophene rings is 1. The zero-order valence-corrected chi connectivity index (χ0v) is 13.4. The minimum atomic E-state index is 0.876. The number of rotatable bonds is 8. The molecule has 0 bridgehead atoms. The average Bonchev–Trinajstić information content (AvgIpc) is 3.06. The fraction of sp³-hybridized carbons (Fsp3) is 0.500. The van der Waals surface area contributed by atoms with Gasteiger partial charge in [-0.3, -0.25) is 4.90 Å². The molecule has 110 valence electrons. The van der Waals surface area contributed by atoms with Crippen molar-refractivity contribution in [1.29, 1.82) is 0 Å². The number of hydrogen-bond donors (Lipinski definition) is 1. The van der Waals surface area contributed by atoms with Gasteiger partial charge in [-0.05, 0) is 43.8 Å². The highest BCUT2D eigenvalue weighted by molar-refractivity contribution is 7.12. The first-order valence-electron chi connectivity index (χ1n) is 7.26. The van der Waals surface area contributed by atoms with Gasteiger partial charge in [0.2, 0.25) is 0 Å². The Hall–Kier alpha value is -1.10. The first kappa shape index (κ1) is 15.3. The molecule has 0 radical (unpaired) electrons. The zero-order valence-electron chi connectivity index (χ0n) is 12.6. The Labute approximate surface area is 125 Å². The minimum Gasteiger partial charge on any atom is -0.468 e. The number of nitrogens with one attached hydrogen (secondary N) is 1. The van der Waals surface area contributed by atoms with E-state index in [1.54, 1.807) is 6.26 Å². The fourth-order valence-electron chi connectivity index (χ4n) is 2.22. The zero-order chi connectivity index (χ0) is 14.4. The van der Waals surface area contributed by atoms with E-state index in [1.165, 1.54) is 15.3 Å². The van der Waals surface area contributed by atoms with Crippen molar-refractivity contribution in [3.05, 3.63) is 45.5 Å². The maximum absolute atomic E-state index is 5.44. The second-order valence-corrected chi connectivity index (χ2v) is 6.30. The van der Waals surface area contributed by atoms with Crippen LogP contribution in [0.15, 0.2) is 28.9 Å². The molecule has 0 saturated carbocycles. The molecule has 0 aliphatic rings. The Morgan fingerprint density at radius 3 is 2.80 bits per heavy atom. The van der Waals surface area contributed by atoms with E-state index in [0.717, 1.165) is 38.5 Å². The lowest BCUT2D eigenvalue weighted by Crippen LogP contribution is -2.22. The molecule has 0 atom stereocenters. The summed E-state index contributed by atoms with van der Waals surface area (Å²) in [5, 5.41) is 3.39. The van der Waals surface area contributed by atoms with Crippen LogP contribution in [0, 0.1) is 6.92 Å². The molecule has 0 aliphatic heterocycles. The molecular formula is C16H24N2OS. The molecule has 20 heavy (non-hydrogen) atoms. The van der Waals surface area contributed by atoms with Gasteiger partial charge in [0.1, 0.15) is 5.76 Å². The van der Waals surface area contributed by atoms with Gasteiger partial charge in [0.05, 0.1) is 12.8 Å². The van der Waals surface area contributed by atoms with E-state index < -0.39 is 0 Å². The summed E-state index contributed by atoms with van der Waals surface area (Å²) in [5.41, 5.74) is 1.44. The van der Waals surface area contributed by atoms with Crippen LogP contribution >= 0.6 is 11.3 Å². The van der Waals surface area contributed by atoms with Crippen molar-refractivity contribution < 1.29 is 4.42 Å². The predicted octanol–water partition coefficient (Wildman–Crippen LogP) is 3.78. The van der Waals surface area contributed by atoms with Gasteiger partial charge in [-0.2, -0.15) is 0 Å². The lowest BCUT2D eigenvalue weighted by Gasteiger charge is -2.18. The second-order valence-electron chi connectivity index (χ2n) is 4.96. The van der Waals surface area contributed by atoms with Gasteiger partial charge in [-0.1, -0.05) is 13.8 Å². The maximum Gasteiger partial charge on any atom is 0.117 e. The summed E-state index contributed by atoms with van der Waals surface area (Å²) in [6.45, 7) is 11.5. The third-order valence-electron chi connectivity index (χ3n) is 3.42. The quantitative estimate of drug-likeness (QED) is 0.802. The highest BCUT2D eigenvalue weighted by atomic mass is 32.1. The third-order valence-corrected chi connectivity index (χ3v) is 4.51. The van der Waals surface area contributed by atoms with Gasteiger partial charge in [0.25, 0.3) is 0 Å². The van der Waals surface area contributed by atoms with Crippen LogP contribution in [0.4, 0.5) is 0 Å². The molecule has 3 nitrogen and oxygen atoms in total. The van der Waals surface area contributed by atoms with Crippen molar-refractivity contribution in [2.75, 3.05) is 13.1 Å². The fourth-order valence-corrected chi connectivity index (χ4v) is 3.25. The lowest BCUT2D eigenvalue weighted by atomic mass is 10.2. The van der Waals surface area contributed by atoms with E-state index in [1.807, 2.05) is 23.5 Å². The first-order chi connectivity index (χ1) is 9.72. The van der Waals surface area contributed by atoms with Crippen molar-refractivity contribution in [1.82, 2.24) is 10.2 Å². The van der Waals surface area contributed by atoms with Gasteiger partial charge >= 0.3 is 0 Å². The summed E-state index contributed by atoms with van der Waals surface area (Å²) >= 11 is 1.90. The van der Waals surface area contributed by atoms with Crippen molar-refractivity contribution >= 4 is 11.3 Å². The van der Waals surface area contributed by atoms with E-state index >= 15 is 0 Å². The SMILES string of the molecule is CCNCc1cc(CN(CC)Cc2ccco2)c(C)s1. The highest BCUT2D eigenvalue weighted by Crippen LogP contribution is 2.23. The molecule has 4 heteroatoms. The Morgan fingerprint density at radius 1 is 1.30 bits per heavy atom. The van der Waals surface area contributed by atoms with Gasteiger partial charge in [-0.25, -0.2) is 0 Å². The Bertz CT molecular complexity index is 505. The average molecular weight is 292 g/mol. The summed E-state index contributed by atoms with van der Waals surface area (Å²) in [5.74, 6) is 1.03. The van der Waals surface area contributed by atoms with E-state index in [-0.39, 0.29) is 0 Å². The van der Waals surface area contributed by atoms with Crippen LogP contribution in [0.2, 0.25) is 0 Å². The largest absolute Gasteiger partial charge is 0.468 e.